The number of halogens is 2. The molecule has 0 amide bonds. The topological polar surface area (TPSA) is 55.6 Å². The van der Waals surface area contributed by atoms with Crippen molar-refractivity contribution in [3.63, 3.8) is 0 Å². The van der Waals surface area contributed by atoms with Crippen LogP contribution in [0.2, 0.25) is 5.28 Å². The maximum atomic E-state index is 13.8. The molecule has 1 N–H and O–H groups in total. The van der Waals surface area contributed by atoms with Crippen LogP contribution in [0.5, 0.6) is 0 Å². The molecule has 0 saturated carbocycles. The van der Waals surface area contributed by atoms with Gasteiger partial charge in [0.2, 0.25) is 5.28 Å². The first-order valence-corrected chi connectivity index (χ1v) is 5.92. The molecule has 0 unspecified atom stereocenters. The molecule has 0 fully saturated rings. The summed E-state index contributed by atoms with van der Waals surface area (Å²) in [6.45, 7) is 0. The second-order valence-electron chi connectivity index (χ2n) is 3.84. The molecular weight excluding hydrogens is 269 g/mol. The number of rotatable bonds is 2. The van der Waals surface area contributed by atoms with E-state index in [1.807, 2.05) is 0 Å². The van der Waals surface area contributed by atoms with Crippen molar-refractivity contribution in [1.29, 1.82) is 0 Å². The Labute approximate surface area is 113 Å². The summed E-state index contributed by atoms with van der Waals surface area (Å²) in [7, 11) is 1.72. The highest BCUT2D eigenvalue weighted by atomic mass is 35.5. The minimum Gasteiger partial charge on any atom is -0.372 e. The van der Waals surface area contributed by atoms with Crippen molar-refractivity contribution in [2.45, 2.75) is 0 Å². The van der Waals surface area contributed by atoms with Gasteiger partial charge in [0.25, 0.3) is 0 Å². The van der Waals surface area contributed by atoms with Crippen molar-refractivity contribution < 1.29 is 4.39 Å². The molecule has 0 aliphatic rings. The largest absolute Gasteiger partial charge is 0.372 e. The molecule has 3 aromatic rings. The zero-order valence-corrected chi connectivity index (χ0v) is 10.7. The number of aromatic nitrogens is 4. The van der Waals surface area contributed by atoms with Crippen LogP contribution < -0.4 is 5.32 Å². The fourth-order valence-corrected chi connectivity index (χ4v) is 2.04. The lowest BCUT2D eigenvalue weighted by Gasteiger charge is -2.05. The molecule has 0 saturated heterocycles. The predicted molar refractivity (Wildman–Crippen MR) is 71.2 cm³/mol. The Bertz CT molecular complexity index is 755. The van der Waals surface area contributed by atoms with Crippen LogP contribution in [-0.4, -0.2) is 26.8 Å². The van der Waals surface area contributed by atoms with E-state index in [1.54, 1.807) is 31.4 Å². The highest BCUT2D eigenvalue weighted by molar-refractivity contribution is 6.28. The summed E-state index contributed by atoms with van der Waals surface area (Å²) < 4.78 is 15.2. The molecule has 1 aromatic carbocycles. The summed E-state index contributed by atoms with van der Waals surface area (Å²) in [5, 5.41) is 7.81. The minimum absolute atomic E-state index is 0.0786. The molecule has 2 heterocycles. The van der Waals surface area contributed by atoms with Gasteiger partial charge in [0.15, 0.2) is 5.65 Å². The molecule has 96 valence electrons. The molecule has 0 radical (unpaired) electrons. The number of nitrogens with one attached hydrogen (secondary N) is 1. The highest BCUT2D eigenvalue weighted by Crippen LogP contribution is 2.24. The molecule has 19 heavy (non-hydrogen) atoms. The van der Waals surface area contributed by atoms with Crippen LogP contribution in [0.25, 0.3) is 16.7 Å². The first-order chi connectivity index (χ1) is 9.20. The van der Waals surface area contributed by atoms with E-state index in [1.165, 1.54) is 10.7 Å². The van der Waals surface area contributed by atoms with E-state index in [9.17, 15) is 4.39 Å². The maximum absolute atomic E-state index is 13.8. The number of nitrogens with zero attached hydrogens (tertiary/aromatic N) is 4. The highest BCUT2D eigenvalue weighted by Gasteiger charge is 2.14. The van der Waals surface area contributed by atoms with Gasteiger partial charge in [-0.2, -0.15) is 15.1 Å². The van der Waals surface area contributed by atoms with Gasteiger partial charge >= 0.3 is 0 Å². The summed E-state index contributed by atoms with van der Waals surface area (Å²) >= 11 is 5.86. The van der Waals surface area contributed by atoms with Gasteiger partial charge in [0, 0.05) is 7.05 Å². The van der Waals surface area contributed by atoms with Gasteiger partial charge in [0.1, 0.15) is 17.3 Å². The number of anilines is 1. The van der Waals surface area contributed by atoms with Crippen LogP contribution >= 0.6 is 11.6 Å². The summed E-state index contributed by atoms with van der Waals surface area (Å²) in [4.78, 5) is 8.16. The van der Waals surface area contributed by atoms with Gasteiger partial charge in [-0.3, -0.25) is 0 Å². The minimum atomic E-state index is -0.381. The molecule has 0 aliphatic carbocycles. The Balaban J connectivity index is 2.32. The Morgan fingerprint density at radius 3 is 2.79 bits per heavy atom. The Hall–Kier alpha value is -2.21. The summed E-state index contributed by atoms with van der Waals surface area (Å²) in [5.74, 6) is 0.172. The van der Waals surface area contributed by atoms with E-state index in [2.05, 4.69) is 20.4 Å². The average molecular weight is 278 g/mol. The third kappa shape index (κ3) is 1.90. The van der Waals surface area contributed by atoms with Gasteiger partial charge in [-0.05, 0) is 23.7 Å². The van der Waals surface area contributed by atoms with E-state index in [-0.39, 0.29) is 11.1 Å². The first kappa shape index (κ1) is 11.9. The number of hydrogen-bond donors (Lipinski definition) is 1. The fraction of sp³-hybridized carbons (Fsp3) is 0.0833. The third-order valence-corrected chi connectivity index (χ3v) is 2.89. The average Bonchev–Trinajstić information content (AvgIpc) is 2.82. The summed E-state index contributed by atoms with van der Waals surface area (Å²) in [6.07, 6.45) is 1.57. The van der Waals surface area contributed by atoms with Crippen molar-refractivity contribution in [1.82, 2.24) is 19.7 Å². The van der Waals surface area contributed by atoms with Crippen molar-refractivity contribution in [3.05, 3.63) is 41.6 Å². The molecule has 0 bridgehead atoms. The SMILES string of the molecule is CNc1nc(Cl)nc2c1cnn2-c1ccccc1F. The quantitative estimate of drug-likeness (QED) is 0.732. The third-order valence-electron chi connectivity index (χ3n) is 2.72. The van der Waals surface area contributed by atoms with Crippen LogP contribution in [0.3, 0.4) is 0 Å². The van der Waals surface area contributed by atoms with Gasteiger partial charge < -0.3 is 5.32 Å². The van der Waals surface area contributed by atoms with E-state index < -0.39 is 0 Å². The Morgan fingerprint density at radius 1 is 1.26 bits per heavy atom. The van der Waals surface area contributed by atoms with Crippen molar-refractivity contribution >= 4 is 28.5 Å². The molecule has 0 atom stereocenters. The second kappa shape index (κ2) is 4.47. The molecular formula is C12H9ClFN5. The van der Waals surface area contributed by atoms with Crippen LogP contribution in [-0.2, 0) is 0 Å². The van der Waals surface area contributed by atoms with Crippen LogP contribution in [0.1, 0.15) is 0 Å². The lowest BCUT2D eigenvalue weighted by atomic mass is 10.3. The standard InChI is InChI=1S/C12H9ClFN5/c1-15-10-7-6-16-19(11(7)18-12(13)17-10)9-5-3-2-4-8(9)14/h2-6H,1H3,(H,15,17,18). The Morgan fingerprint density at radius 2 is 2.05 bits per heavy atom. The zero-order valence-electron chi connectivity index (χ0n) is 9.93. The lowest BCUT2D eigenvalue weighted by molar-refractivity contribution is 0.612. The van der Waals surface area contributed by atoms with Crippen molar-refractivity contribution in [2.75, 3.05) is 12.4 Å². The zero-order chi connectivity index (χ0) is 13.4. The summed E-state index contributed by atoms with van der Waals surface area (Å²) in [6, 6.07) is 6.33. The van der Waals surface area contributed by atoms with Crippen LogP contribution in [0.15, 0.2) is 30.5 Å². The first-order valence-electron chi connectivity index (χ1n) is 5.54. The van der Waals surface area contributed by atoms with Gasteiger partial charge in [-0.25, -0.2) is 9.07 Å². The normalized spacial score (nSPS) is 10.9. The van der Waals surface area contributed by atoms with Gasteiger partial charge in [-0.1, -0.05) is 12.1 Å². The van der Waals surface area contributed by atoms with E-state index in [0.717, 1.165) is 0 Å². The Kier molecular flexibility index (Phi) is 2.79. The molecule has 7 heteroatoms. The smallest absolute Gasteiger partial charge is 0.226 e. The monoisotopic (exact) mass is 277 g/mol. The van der Waals surface area contributed by atoms with E-state index >= 15 is 0 Å². The fourth-order valence-electron chi connectivity index (χ4n) is 1.87. The van der Waals surface area contributed by atoms with E-state index in [4.69, 9.17) is 11.6 Å². The number of hydrogen-bond acceptors (Lipinski definition) is 4. The number of para-hydroxylation sites is 1. The second-order valence-corrected chi connectivity index (χ2v) is 4.17. The maximum Gasteiger partial charge on any atom is 0.226 e. The van der Waals surface area contributed by atoms with Crippen LogP contribution in [0, 0.1) is 5.82 Å². The molecule has 2 aromatic heterocycles. The predicted octanol–water partition coefficient (Wildman–Crippen LogP) is 2.65. The molecule has 3 rings (SSSR count). The molecule has 5 nitrogen and oxygen atoms in total. The number of benzene rings is 1. The molecule has 0 aliphatic heterocycles. The molecule has 0 spiro atoms. The van der Waals surface area contributed by atoms with Gasteiger partial charge in [-0.15, -0.1) is 0 Å². The van der Waals surface area contributed by atoms with Gasteiger partial charge in [0.05, 0.1) is 11.6 Å². The number of fused-ring (bicyclic) bond motifs is 1. The summed E-state index contributed by atoms with van der Waals surface area (Å²) in [5.41, 5.74) is 0.767. The van der Waals surface area contributed by atoms with Crippen LogP contribution in [0.4, 0.5) is 10.2 Å². The van der Waals surface area contributed by atoms with E-state index in [0.29, 0.717) is 22.5 Å². The van der Waals surface area contributed by atoms with Crippen molar-refractivity contribution in [2.24, 2.45) is 0 Å². The van der Waals surface area contributed by atoms with Crippen molar-refractivity contribution in [3.8, 4) is 5.69 Å². The lowest BCUT2D eigenvalue weighted by Crippen LogP contribution is -2.02.